The molecule has 3 rings (SSSR count). The predicted octanol–water partition coefficient (Wildman–Crippen LogP) is 9.52. The Balaban J connectivity index is 1.87. The number of carbonyl (C=O) groups excluding carboxylic acids is 1. The molecule has 0 atom stereocenters. The maximum Gasteiger partial charge on any atom is 0.317 e. The van der Waals surface area contributed by atoms with Gasteiger partial charge in [-0.05, 0) is 71.5 Å². The van der Waals surface area contributed by atoms with Crippen LogP contribution in [0.25, 0.3) is 0 Å². The Morgan fingerprint density at radius 1 is 0.618 bits per heavy atom. The second kappa shape index (κ2) is 14.0. The van der Waals surface area contributed by atoms with Crippen LogP contribution in [0.3, 0.4) is 0 Å². The van der Waals surface area contributed by atoms with Gasteiger partial charge in [-0.15, -0.1) is 0 Å². The molecule has 0 aliphatic heterocycles. The van der Waals surface area contributed by atoms with Crippen LogP contribution in [-0.2, 0) is 15.4 Å². The third-order valence-corrected chi connectivity index (χ3v) is 9.39. The molecule has 0 fully saturated rings. The van der Waals surface area contributed by atoms with Crippen molar-refractivity contribution in [3.05, 3.63) is 90.5 Å². The van der Waals surface area contributed by atoms with Crippen molar-refractivity contribution in [3.63, 3.8) is 0 Å². The van der Waals surface area contributed by atoms with Crippen molar-refractivity contribution in [1.29, 1.82) is 0 Å². The van der Waals surface area contributed by atoms with Crippen LogP contribution in [-0.4, -0.2) is 5.97 Å². The van der Waals surface area contributed by atoms with Gasteiger partial charge in [0.05, 0.1) is 0 Å². The van der Waals surface area contributed by atoms with Crippen LogP contribution in [0.4, 0.5) is 0 Å². The van der Waals surface area contributed by atoms with Crippen molar-refractivity contribution in [2.24, 2.45) is 0 Å². The van der Waals surface area contributed by atoms with Crippen molar-refractivity contribution < 1.29 is 8.98 Å². The smallest absolute Gasteiger partial charge is 0.317 e. The van der Waals surface area contributed by atoms with Gasteiger partial charge >= 0.3 is 5.97 Å². The number of carbonyl (C=O) groups is 1. The first-order chi connectivity index (χ1) is 16.7. The van der Waals surface area contributed by atoms with E-state index in [0.29, 0.717) is 6.42 Å². The van der Waals surface area contributed by atoms with Crippen LogP contribution >= 0.6 is 10.3 Å². The zero-order chi connectivity index (χ0) is 24.1. The highest BCUT2D eigenvalue weighted by atomic mass is 32.3. The highest BCUT2D eigenvalue weighted by Crippen LogP contribution is 2.69. The van der Waals surface area contributed by atoms with Gasteiger partial charge in [0.25, 0.3) is 0 Å². The summed E-state index contributed by atoms with van der Waals surface area (Å²) in [5, 5.41) is 0. The molecule has 0 aliphatic rings. The second-order valence-electron chi connectivity index (χ2n) is 8.90. The normalized spacial score (nSPS) is 11.8. The van der Waals surface area contributed by atoms with Gasteiger partial charge in [-0.25, -0.2) is 0 Å². The van der Waals surface area contributed by atoms with Gasteiger partial charge in [-0.3, -0.25) is 4.79 Å². The third-order valence-electron chi connectivity index (χ3n) is 6.15. The van der Waals surface area contributed by atoms with Crippen molar-refractivity contribution in [2.45, 2.75) is 92.7 Å². The molecule has 0 aliphatic carbocycles. The number of benzene rings is 3. The lowest BCUT2D eigenvalue weighted by atomic mass is 10.0. The van der Waals surface area contributed by atoms with E-state index in [2.05, 4.69) is 55.5 Å². The summed E-state index contributed by atoms with van der Waals surface area (Å²) < 4.78 is 6.47. The van der Waals surface area contributed by atoms with E-state index in [9.17, 15) is 4.79 Å². The van der Waals surface area contributed by atoms with E-state index in [4.69, 9.17) is 4.18 Å². The zero-order valence-corrected chi connectivity index (χ0v) is 21.7. The fourth-order valence-electron chi connectivity index (χ4n) is 4.30. The van der Waals surface area contributed by atoms with E-state index in [1.165, 1.54) is 50.5 Å². The van der Waals surface area contributed by atoms with E-state index >= 15 is 0 Å². The Hall–Kier alpha value is -2.52. The van der Waals surface area contributed by atoms with Crippen LogP contribution in [0.5, 0.6) is 0 Å². The van der Waals surface area contributed by atoms with Gasteiger partial charge in [0, 0.05) is 21.1 Å². The maximum absolute atomic E-state index is 12.9. The Morgan fingerprint density at radius 2 is 1.12 bits per heavy atom. The van der Waals surface area contributed by atoms with Crippen LogP contribution < -0.4 is 0 Å². The molecule has 0 saturated carbocycles. The van der Waals surface area contributed by atoms with Crippen molar-refractivity contribution in [3.8, 4) is 0 Å². The molecular formula is C31H40O2S. The van der Waals surface area contributed by atoms with Crippen LogP contribution in [0.2, 0.25) is 0 Å². The van der Waals surface area contributed by atoms with Gasteiger partial charge in [0.1, 0.15) is 0 Å². The van der Waals surface area contributed by atoms with Crippen LogP contribution in [0, 0.1) is 0 Å². The van der Waals surface area contributed by atoms with Gasteiger partial charge in [-0.1, -0.05) is 101 Å². The molecule has 0 saturated heterocycles. The number of aryl methyl sites for hydroxylation is 1. The molecular weight excluding hydrogens is 436 g/mol. The summed E-state index contributed by atoms with van der Waals surface area (Å²) in [5.74, 6) is -0.141. The molecule has 34 heavy (non-hydrogen) atoms. The lowest BCUT2D eigenvalue weighted by Crippen LogP contribution is -2.13. The number of unbranched alkanes of at least 4 members (excludes halogenated alkanes) is 6. The summed E-state index contributed by atoms with van der Waals surface area (Å²) in [7, 11) is -2.16. The average Bonchev–Trinajstić information content (AvgIpc) is 2.88. The number of hydrogen-bond acceptors (Lipinski definition) is 2. The van der Waals surface area contributed by atoms with Crippen LogP contribution in [0.15, 0.2) is 99.6 Å². The molecule has 0 aromatic heterocycles. The molecule has 0 heterocycles. The number of rotatable bonds is 14. The minimum Gasteiger partial charge on any atom is -0.402 e. The monoisotopic (exact) mass is 476 g/mol. The SMILES string of the molecule is CCCCCCCCCc1ccc(S(OC(=O)CCC)(c2ccccc2)c2ccccc2)cc1. The summed E-state index contributed by atoms with van der Waals surface area (Å²) in [4.78, 5) is 16.1. The van der Waals surface area contributed by atoms with Gasteiger partial charge in [0.2, 0.25) is 0 Å². The topological polar surface area (TPSA) is 26.3 Å². The van der Waals surface area contributed by atoms with Gasteiger partial charge in [0.15, 0.2) is 0 Å². The van der Waals surface area contributed by atoms with Crippen molar-refractivity contribution >= 4 is 16.3 Å². The molecule has 0 amide bonds. The van der Waals surface area contributed by atoms with Crippen molar-refractivity contribution in [1.82, 2.24) is 0 Å². The molecule has 0 radical (unpaired) electrons. The third kappa shape index (κ3) is 6.99. The summed E-state index contributed by atoms with van der Waals surface area (Å²) in [6.07, 6.45) is 11.5. The van der Waals surface area contributed by atoms with Gasteiger partial charge in [-0.2, -0.15) is 0 Å². The van der Waals surface area contributed by atoms with Gasteiger partial charge < -0.3 is 4.18 Å². The highest BCUT2D eigenvalue weighted by molar-refractivity contribution is 8.30. The predicted molar refractivity (Wildman–Crippen MR) is 144 cm³/mol. The first kappa shape index (κ1) is 26.1. The van der Waals surface area contributed by atoms with E-state index in [0.717, 1.165) is 27.5 Å². The largest absolute Gasteiger partial charge is 0.402 e. The summed E-state index contributed by atoms with van der Waals surface area (Å²) >= 11 is 0. The quantitative estimate of drug-likeness (QED) is 0.216. The first-order valence-electron chi connectivity index (χ1n) is 13.0. The molecule has 3 heteroatoms. The maximum atomic E-state index is 12.9. The molecule has 2 nitrogen and oxygen atoms in total. The molecule has 0 N–H and O–H groups in total. The van der Waals surface area contributed by atoms with E-state index in [1.54, 1.807) is 0 Å². The Kier molecular flexibility index (Phi) is 10.8. The molecule has 3 aromatic rings. The fourth-order valence-corrected chi connectivity index (χ4v) is 7.36. The summed E-state index contributed by atoms with van der Waals surface area (Å²) in [6.45, 7) is 4.28. The first-order valence-corrected chi connectivity index (χ1v) is 14.5. The molecule has 3 aromatic carbocycles. The molecule has 182 valence electrons. The van der Waals surface area contributed by atoms with Crippen molar-refractivity contribution in [2.75, 3.05) is 0 Å². The zero-order valence-electron chi connectivity index (χ0n) is 20.9. The summed E-state index contributed by atoms with van der Waals surface area (Å²) in [5.41, 5.74) is 1.35. The van der Waals surface area contributed by atoms with E-state index in [1.807, 2.05) is 43.3 Å². The minimum absolute atomic E-state index is 0.141. The lowest BCUT2D eigenvalue weighted by Gasteiger charge is -2.39. The minimum atomic E-state index is -2.16. The average molecular weight is 477 g/mol. The lowest BCUT2D eigenvalue weighted by molar-refractivity contribution is -0.133. The molecule has 0 spiro atoms. The Bertz CT molecular complexity index is 928. The van der Waals surface area contributed by atoms with E-state index < -0.39 is 10.3 Å². The number of hydrogen-bond donors (Lipinski definition) is 0. The van der Waals surface area contributed by atoms with Crippen LogP contribution in [0.1, 0.15) is 77.2 Å². The summed E-state index contributed by atoms with van der Waals surface area (Å²) in [6, 6.07) is 29.3. The standard InChI is InChI=1S/C31H40O2S/c1-3-5-6-7-8-9-12-18-27-23-25-30(26-24-27)34(33-31(32)17-4-2,28-19-13-10-14-20-28)29-21-15-11-16-22-29/h10-11,13-16,19-26H,3-9,12,17-18H2,1-2H3. The second-order valence-corrected chi connectivity index (χ2v) is 11.6. The Labute approximate surface area is 208 Å². The van der Waals surface area contributed by atoms with E-state index in [-0.39, 0.29) is 5.97 Å². The fraction of sp³-hybridized carbons (Fsp3) is 0.387. The molecule has 0 unspecified atom stereocenters. The molecule has 0 bridgehead atoms. The highest BCUT2D eigenvalue weighted by Gasteiger charge is 2.35. The Morgan fingerprint density at radius 3 is 1.65 bits per heavy atom.